The lowest BCUT2D eigenvalue weighted by molar-refractivity contribution is -0.139. The molecule has 0 aliphatic carbocycles. The first-order valence-electron chi connectivity index (χ1n) is 10.5. The summed E-state index contributed by atoms with van der Waals surface area (Å²) in [4.78, 5) is 28.4. The topological polar surface area (TPSA) is 65.1 Å². The van der Waals surface area contributed by atoms with Crippen LogP contribution in [-0.2, 0) is 19.1 Å². The number of methoxy groups -OCH3 is 3. The molecule has 0 bridgehead atoms. The second-order valence-electron chi connectivity index (χ2n) is 7.54. The molecular weight excluding hydrogens is 418 g/mol. The summed E-state index contributed by atoms with van der Waals surface area (Å²) in [6.07, 6.45) is 0. The molecule has 1 aliphatic heterocycles. The summed E-state index contributed by atoms with van der Waals surface area (Å²) in [6, 6.07) is 25.6. The third-order valence-electron chi connectivity index (χ3n) is 5.81. The highest BCUT2D eigenvalue weighted by atomic mass is 16.5. The molecule has 4 rings (SSSR count). The minimum absolute atomic E-state index is 0.264. The number of carbonyl (C=O) groups is 2. The molecule has 3 aromatic carbocycles. The predicted molar refractivity (Wildman–Crippen MR) is 125 cm³/mol. The van der Waals surface area contributed by atoms with Crippen molar-refractivity contribution in [3.05, 3.63) is 107 Å². The van der Waals surface area contributed by atoms with Gasteiger partial charge in [-0.05, 0) is 35.4 Å². The maximum absolute atomic E-state index is 13.1. The van der Waals surface area contributed by atoms with Gasteiger partial charge in [0.1, 0.15) is 5.75 Å². The van der Waals surface area contributed by atoms with Crippen molar-refractivity contribution in [2.45, 2.75) is 12.1 Å². The molecule has 0 amide bonds. The lowest BCUT2D eigenvalue weighted by atomic mass is 9.95. The van der Waals surface area contributed by atoms with E-state index in [4.69, 9.17) is 14.2 Å². The van der Waals surface area contributed by atoms with Crippen molar-refractivity contribution in [2.75, 3.05) is 26.2 Å². The Labute approximate surface area is 193 Å². The molecule has 0 saturated carbocycles. The van der Waals surface area contributed by atoms with Gasteiger partial charge in [-0.15, -0.1) is 0 Å². The first-order valence-corrected chi connectivity index (χ1v) is 10.5. The Morgan fingerprint density at radius 2 is 1.06 bits per heavy atom. The Hall–Kier alpha value is -4.06. The highest BCUT2D eigenvalue weighted by Crippen LogP contribution is 2.51. The molecule has 0 unspecified atom stereocenters. The molecule has 2 atom stereocenters. The Morgan fingerprint density at radius 1 is 0.636 bits per heavy atom. The fourth-order valence-electron chi connectivity index (χ4n) is 4.36. The number of hydrogen-bond acceptors (Lipinski definition) is 6. The zero-order chi connectivity index (χ0) is 23.4. The summed E-state index contributed by atoms with van der Waals surface area (Å²) < 4.78 is 15.7. The molecule has 0 N–H and O–H groups in total. The van der Waals surface area contributed by atoms with Gasteiger partial charge in [0, 0.05) is 5.69 Å². The summed E-state index contributed by atoms with van der Waals surface area (Å²) in [5.74, 6) is -0.429. The van der Waals surface area contributed by atoms with Gasteiger partial charge in [0.15, 0.2) is 0 Å². The van der Waals surface area contributed by atoms with E-state index in [2.05, 4.69) is 4.90 Å². The number of carbonyl (C=O) groups excluding carboxylic acids is 2. The van der Waals surface area contributed by atoms with Gasteiger partial charge in [0.2, 0.25) is 0 Å². The van der Waals surface area contributed by atoms with Gasteiger partial charge < -0.3 is 19.1 Å². The zero-order valence-corrected chi connectivity index (χ0v) is 18.7. The Kier molecular flexibility index (Phi) is 6.45. The number of hydrogen-bond donors (Lipinski definition) is 0. The number of anilines is 1. The Balaban J connectivity index is 2.03. The smallest absolute Gasteiger partial charge is 0.336 e. The van der Waals surface area contributed by atoms with E-state index in [0.29, 0.717) is 5.75 Å². The van der Waals surface area contributed by atoms with Crippen molar-refractivity contribution in [1.29, 1.82) is 0 Å². The van der Waals surface area contributed by atoms with Crippen LogP contribution in [0.1, 0.15) is 23.2 Å². The summed E-state index contributed by atoms with van der Waals surface area (Å²) >= 11 is 0. The largest absolute Gasteiger partial charge is 0.497 e. The molecule has 0 saturated heterocycles. The van der Waals surface area contributed by atoms with Crippen molar-refractivity contribution in [2.24, 2.45) is 0 Å². The minimum atomic E-state index is -0.568. The number of rotatable bonds is 6. The molecule has 0 radical (unpaired) electrons. The van der Waals surface area contributed by atoms with E-state index in [1.165, 1.54) is 14.2 Å². The van der Waals surface area contributed by atoms with E-state index in [9.17, 15) is 9.59 Å². The second kappa shape index (κ2) is 9.61. The number of nitrogens with zero attached hydrogens (tertiary/aromatic N) is 1. The number of benzene rings is 3. The van der Waals surface area contributed by atoms with Crippen molar-refractivity contribution >= 4 is 17.6 Å². The first kappa shape index (κ1) is 22.1. The summed E-state index contributed by atoms with van der Waals surface area (Å²) in [6.45, 7) is 0. The third kappa shape index (κ3) is 4.07. The Bertz CT molecular complexity index is 1090. The van der Waals surface area contributed by atoms with Crippen LogP contribution in [0.2, 0.25) is 0 Å². The molecule has 168 valence electrons. The maximum Gasteiger partial charge on any atom is 0.336 e. The molecule has 3 aromatic rings. The number of ether oxygens (including phenoxy) is 3. The SMILES string of the molecule is COC(=O)C1=C(C(=O)OC)[C@@H](c2ccccc2)N(c2ccc(OC)cc2)[C@@H]1c1ccccc1. The molecule has 1 aliphatic rings. The maximum atomic E-state index is 13.1. The van der Waals surface area contributed by atoms with E-state index in [1.54, 1.807) is 7.11 Å². The van der Waals surface area contributed by atoms with Crippen molar-refractivity contribution in [3.63, 3.8) is 0 Å². The standard InChI is InChI=1S/C27H25NO5/c1-31-21-16-14-20(15-17-21)28-24(18-10-6-4-7-11-18)22(26(29)32-2)23(27(30)33-3)25(28)19-12-8-5-9-13-19/h4-17,24-25H,1-3H3/t24-,25-/m1/s1. The fraction of sp³-hybridized carbons (Fsp3) is 0.185. The average Bonchev–Trinajstić information content (AvgIpc) is 3.25. The molecule has 0 spiro atoms. The quantitative estimate of drug-likeness (QED) is 0.517. The van der Waals surface area contributed by atoms with Crippen LogP contribution < -0.4 is 9.64 Å². The van der Waals surface area contributed by atoms with E-state index in [0.717, 1.165) is 16.8 Å². The summed E-state index contributed by atoms with van der Waals surface area (Å²) in [5, 5.41) is 0. The predicted octanol–water partition coefficient (Wildman–Crippen LogP) is 4.64. The van der Waals surface area contributed by atoms with E-state index in [1.807, 2.05) is 84.9 Å². The number of esters is 2. The molecule has 1 heterocycles. The van der Waals surface area contributed by atoms with Crippen LogP contribution in [-0.4, -0.2) is 33.3 Å². The molecule has 33 heavy (non-hydrogen) atoms. The lowest BCUT2D eigenvalue weighted by Gasteiger charge is -2.34. The van der Waals surface area contributed by atoms with Gasteiger partial charge >= 0.3 is 11.9 Å². The van der Waals surface area contributed by atoms with Gasteiger partial charge in [0.05, 0.1) is 44.6 Å². The van der Waals surface area contributed by atoms with Gasteiger partial charge in [-0.2, -0.15) is 0 Å². The van der Waals surface area contributed by atoms with Gasteiger partial charge in [-0.3, -0.25) is 0 Å². The summed E-state index contributed by atoms with van der Waals surface area (Å²) in [7, 11) is 4.25. The lowest BCUT2D eigenvalue weighted by Crippen LogP contribution is -2.30. The first-order chi connectivity index (χ1) is 16.1. The highest BCUT2D eigenvalue weighted by molar-refractivity contribution is 6.05. The van der Waals surface area contributed by atoms with Crippen molar-refractivity contribution in [1.82, 2.24) is 0 Å². The van der Waals surface area contributed by atoms with Crippen LogP contribution in [0, 0.1) is 0 Å². The van der Waals surface area contributed by atoms with E-state index >= 15 is 0 Å². The normalized spacial score (nSPS) is 17.6. The van der Waals surface area contributed by atoms with E-state index < -0.39 is 24.0 Å². The van der Waals surface area contributed by atoms with Gasteiger partial charge in [-0.1, -0.05) is 60.7 Å². The van der Waals surface area contributed by atoms with Crippen LogP contribution in [0.3, 0.4) is 0 Å². The van der Waals surface area contributed by atoms with Crippen molar-refractivity contribution < 1.29 is 23.8 Å². The minimum Gasteiger partial charge on any atom is -0.497 e. The Morgan fingerprint density at radius 3 is 1.42 bits per heavy atom. The van der Waals surface area contributed by atoms with Gasteiger partial charge in [0.25, 0.3) is 0 Å². The van der Waals surface area contributed by atoms with Crippen LogP contribution in [0.4, 0.5) is 5.69 Å². The average molecular weight is 443 g/mol. The van der Waals surface area contributed by atoms with Crippen LogP contribution in [0.25, 0.3) is 0 Å². The fourth-order valence-corrected chi connectivity index (χ4v) is 4.36. The summed E-state index contributed by atoms with van der Waals surface area (Å²) in [5.41, 5.74) is 3.06. The molecule has 6 nitrogen and oxygen atoms in total. The molecule has 0 fully saturated rings. The molecule has 6 heteroatoms. The molecular formula is C27H25NO5. The monoisotopic (exact) mass is 443 g/mol. The zero-order valence-electron chi connectivity index (χ0n) is 18.7. The van der Waals surface area contributed by atoms with Gasteiger partial charge in [-0.25, -0.2) is 9.59 Å². The van der Waals surface area contributed by atoms with Crippen LogP contribution in [0.15, 0.2) is 96.1 Å². The van der Waals surface area contributed by atoms with Crippen molar-refractivity contribution in [3.8, 4) is 5.75 Å². The highest BCUT2D eigenvalue weighted by Gasteiger charge is 2.48. The molecule has 0 aromatic heterocycles. The second-order valence-corrected chi connectivity index (χ2v) is 7.54. The van der Waals surface area contributed by atoms with Crippen LogP contribution in [0.5, 0.6) is 5.75 Å². The van der Waals surface area contributed by atoms with Crippen LogP contribution >= 0.6 is 0 Å². The van der Waals surface area contributed by atoms with E-state index in [-0.39, 0.29) is 11.1 Å². The third-order valence-corrected chi connectivity index (χ3v) is 5.81.